The van der Waals surface area contributed by atoms with Gasteiger partial charge in [-0.25, -0.2) is 19.2 Å². The van der Waals surface area contributed by atoms with Crippen molar-refractivity contribution in [1.82, 2.24) is 21.3 Å². The maximum atomic E-state index is 11.8. The molecule has 4 unspecified atom stereocenters. The molecule has 0 aliphatic heterocycles. The highest BCUT2D eigenvalue weighted by atomic mass is 16.4. The lowest BCUT2D eigenvalue weighted by Gasteiger charge is -2.14. The largest absolute Gasteiger partial charge is 0.513 e. The van der Waals surface area contributed by atoms with Crippen LogP contribution in [0.5, 0.6) is 0 Å². The summed E-state index contributed by atoms with van der Waals surface area (Å²) in [5, 5.41) is 64.3. The molecule has 31 heteroatoms. The number of unbranched alkanes of at least 4 members (excludes halogenated alkanes) is 13. The number of aliphatic imine (C=N–C) groups is 4. The van der Waals surface area contributed by atoms with Crippen molar-refractivity contribution in [1.29, 1.82) is 0 Å². The topological polar surface area (TPSA) is 581 Å². The second-order valence-corrected chi connectivity index (χ2v) is 21.4. The van der Waals surface area contributed by atoms with Gasteiger partial charge in [0.2, 0.25) is 23.6 Å². The molecule has 0 saturated heterocycles. The maximum absolute atomic E-state index is 11.8. The number of nitrogens with one attached hydrogen (secondary N) is 4. The van der Waals surface area contributed by atoms with E-state index < -0.39 is 48.0 Å². The summed E-state index contributed by atoms with van der Waals surface area (Å²) in [4.78, 5) is 117. The van der Waals surface area contributed by atoms with Crippen LogP contribution in [0.3, 0.4) is 0 Å². The van der Waals surface area contributed by atoms with Crippen LogP contribution in [-0.4, -0.2) is 158 Å². The van der Waals surface area contributed by atoms with Gasteiger partial charge in [-0.2, -0.15) is 0 Å². The Hall–Kier alpha value is -8.41. The highest BCUT2D eigenvalue weighted by molar-refractivity contribution is 5.85. The number of guanidine groups is 4. The van der Waals surface area contributed by atoms with Crippen molar-refractivity contribution in [2.24, 2.45) is 65.8 Å². The van der Waals surface area contributed by atoms with E-state index in [0.29, 0.717) is 110 Å². The van der Waals surface area contributed by atoms with E-state index in [2.05, 4.69) is 61.3 Å². The van der Waals surface area contributed by atoms with Gasteiger partial charge < -0.3 is 103 Å². The summed E-state index contributed by atoms with van der Waals surface area (Å²) in [7, 11) is 0. The molecule has 0 bridgehead atoms. The van der Waals surface area contributed by atoms with Gasteiger partial charge in [0.05, 0.1) is 11.5 Å². The summed E-state index contributed by atoms with van der Waals surface area (Å²) in [5.41, 5.74) is 41.4. The molecule has 0 aliphatic rings. The molecule has 0 aromatic heterocycles. The number of aliphatic hydroxyl groups is 2. The number of Topliss-reactive ketones (excluding diaryl/α,β-unsaturated/α-hetero) is 1. The van der Waals surface area contributed by atoms with Crippen LogP contribution < -0.4 is 67.1 Å². The van der Waals surface area contributed by atoms with Gasteiger partial charge in [0, 0.05) is 71.1 Å². The second kappa shape index (κ2) is 59.5. The van der Waals surface area contributed by atoms with Gasteiger partial charge >= 0.3 is 23.9 Å². The van der Waals surface area contributed by atoms with E-state index in [1.165, 1.54) is 6.42 Å². The number of aliphatic hydroxyl groups excluding tert-OH is 2. The predicted molar refractivity (Wildman–Crippen MR) is 349 cm³/mol. The normalized spacial score (nSPS) is 11.5. The average molecular weight is 1290 g/mol. The Kier molecular flexibility index (Phi) is 58.2. The molecule has 0 fully saturated rings. The number of carboxylic acid groups (broad SMARTS) is 4. The van der Waals surface area contributed by atoms with Crippen LogP contribution in [-0.2, 0) is 43.2 Å². The minimum absolute atomic E-state index is 0.0158. The lowest BCUT2D eigenvalue weighted by Crippen LogP contribution is -2.40. The molecule has 518 valence electrons. The Balaban J connectivity index is -0.000000548. The molecular formula is C59H112N16O15. The van der Waals surface area contributed by atoms with Crippen LogP contribution >= 0.6 is 0 Å². The smallest absolute Gasteiger partial charge is 0.326 e. The summed E-state index contributed by atoms with van der Waals surface area (Å²) < 4.78 is 0. The van der Waals surface area contributed by atoms with Crippen LogP contribution in [0.25, 0.3) is 0 Å². The van der Waals surface area contributed by atoms with Crippen molar-refractivity contribution in [2.45, 2.75) is 243 Å². The van der Waals surface area contributed by atoms with Crippen molar-refractivity contribution in [3.8, 4) is 0 Å². The van der Waals surface area contributed by atoms with Crippen LogP contribution in [0, 0.1) is 0 Å². The molecule has 0 radical (unpaired) electrons. The first-order valence-corrected chi connectivity index (χ1v) is 31.0. The van der Waals surface area contributed by atoms with Crippen molar-refractivity contribution in [3.63, 3.8) is 0 Å². The predicted octanol–water partition coefficient (Wildman–Crippen LogP) is 3.55. The number of aliphatic carboxylic acids is 4. The van der Waals surface area contributed by atoms with E-state index in [-0.39, 0.29) is 96.9 Å². The lowest BCUT2D eigenvalue weighted by atomic mass is 10.1. The van der Waals surface area contributed by atoms with Gasteiger partial charge in [0.15, 0.2) is 23.8 Å². The fraction of sp³-hybridized carbons (Fsp3) is 0.712. The SMILES string of the molecule is C=C(O)CCCCCC(=O)NC(CCCN=C(N)N)C(=O)O.C=C(O)CCCCCCCC(=O)NC(CCCN=C(N)N)C(=O)O.CC(=O)CCCCCCC(=O)NC(CCCN=C(N)N)C(=O)O.CCCCCCCC(=O)NC(CCCN=C(N)N)C(=O)O. The molecule has 0 spiro atoms. The zero-order chi connectivity index (χ0) is 69.1. The first-order valence-electron chi connectivity index (χ1n) is 31.0. The summed E-state index contributed by atoms with van der Waals surface area (Å²) >= 11 is 0. The highest BCUT2D eigenvalue weighted by Gasteiger charge is 2.22. The molecule has 31 nitrogen and oxygen atoms in total. The van der Waals surface area contributed by atoms with Gasteiger partial charge in [-0.1, -0.05) is 84.3 Å². The third-order valence-electron chi connectivity index (χ3n) is 12.7. The molecule has 4 amide bonds. The minimum Gasteiger partial charge on any atom is -0.513 e. The minimum atomic E-state index is -1.07. The monoisotopic (exact) mass is 1280 g/mol. The van der Waals surface area contributed by atoms with Gasteiger partial charge in [-0.3, -0.25) is 39.1 Å². The third-order valence-corrected chi connectivity index (χ3v) is 12.7. The summed E-state index contributed by atoms with van der Waals surface area (Å²) in [5.74, 6) is -4.87. The van der Waals surface area contributed by atoms with E-state index >= 15 is 0 Å². The zero-order valence-corrected chi connectivity index (χ0v) is 53.4. The third kappa shape index (κ3) is 67.1. The molecular weight excluding hydrogens is 1170 g/mol. The fourth-order valence-corrected chi connectivity index (χ4v) is 7.95. The first-order chi connectivity index (χ1) is 42.4. The summed E-state index contributed by atoms with van der Waals surface area (Å²) in [6, 6.07) is -3.64. The van der Waals surface area contributed by atoms with Gasteiger partial charge in [0.25, 0.3) is 0 Å². The molecule has 0 rings (SSSR count). The lowest BCUT2D eigenvalue weighted by molar-refractivity contribution is -0.142. The van der Waals surface area contributed by atoms with Gasteiger partial charge in [0.1, 0.15) is 30.0 Å². The number of carbonyl (C=O) groups excluding carboxylic acids is 5. The van der Waals surface area contributed by atoms with E-state index in [9.17, 15) is 43.2 Å². The molecule has 26 N–H and O–H groups in total. The quantitative estimate of drug-likeness (QED) is 0.0179. The van der Waals surface area contributed by atoms with Crippen LogP contribution in [0.15, 0.2) is 44.6 Å². The molecule has 90 heavy (non-hydrogen) atoms. The fourth-order valence-electron chi connectivity index (χ4n) is 7.95. The second-order valence-electron chi connectivity index (χ2n) is 21.4. The van der Waals surface area contributed by atoms with Gasteiger partial charge in [-0.15, -0.1) is 0 Å². The van der Waals surface area contributed by atoms with Gasteiger partial charge in [-0.05, 0) is 103 Å². The Morgan fingerprint density at radius 2 is 0.522 bits per heavy atom. The molecule has 0 aliphatic carbocycles. The number of allylic oxidation sites excluding steroid dienone is 2. The number of rotatable bonds is 51. The molecule has 0 aromatic carbocycles. The van der Waals surface area contributed by atoms with Crippen molar-refractivity contribution < 1.29 is 73.8 Å². The van der Waals surface area contributed by atoms with Crippen molar-refractivity contribution >= 4 is 77.1 Å². The number of nitrogens with zero attached hydrogens (tertiary/aromatic N) is 4. The van der Waals surface area contributed by atoms with Crippen LogP contribution in [0.1, 0.15) is 219 Å². The number of amides is 4. The number of hydrogen-bond donors (Lipinski definition) is 18. The molecule has 0 saturated carbocycles. The van der Waals surface area contributed by atoms with E-state index in [0.717, 1.165) is 83.5 Å². The number of nitrogens with two attached hydrogens (primary N) is 8. The Bertz CT molecular complexity index is 2200. The van der Waals surface area contributed by atoms with E-state index in [4.69, 9.17) is 76.5 Å². The highest BCUT2D eigenvalue weighted by Crippen LogP contribution is 2.12. The average Bonchev–Trinajstić information content (AvgIpc) is 3.68. The van der Waals surface area contributed by atoms with Crippen molar-refractivity contribution in [2.75, 3.05) is 26.2 Å². The molecule has 0 aromatic rings. The summed E-state index contributed by atoms with van der Waals surface area (Å²) in [6.07, 6.45) is 21.1. The van der Waals surface area contributed by atoms with Crippen LogP contribution in [0.2, 0.25) is 0 Å². The first kappa shape index (κ1) is 88.0. The van der Waals surface area contributed by atoms with E-state index in [1.807, 2.05) is 0 Å². The number of hydrogen-bond acceptors (Lipinski definition) is 15. The standard InChI is InChI=1S/C16H30N4O4.C15H28N4O4.C14H26N4O4.C14H28N4O3/c1-12(21)8-5-3-2-4-6-10-14(22)20-13(15(23)24)9-7-11-19-16(17)18;1-11(20)7-4-2-3-5-9-13(21)19-12(14(22)23)8-6-10-18-15(16)17;1-10(19)6-3-2-4-8-12(20)18-11(13(21)22)7-5-9-17-14(15)16;1-2-3-4-5-6-9-12(19)18-11(13(20)21)8-7-10-17-14(15)16/h13,21H,1-11H2,(H,20,22)(H,23,24)(H4,17,18,19);12H,2-10H2,1H3,(H,19,21)(H,22,23)(H4,16,17,18);11,19H,1-9H2,(H,18,20)(H,21,22)(H4,15,16,17);11H,2-10H2,1H3,(H,18,19)(H,20,21)(H4,15,16,17). The van der Waals surface area contributed by atoms with E-state index in [1.54, 1.807) is 6.92 Å². The number of ketones is 1. The van der Waals surface area contributed by atoms with Crippen LogP contribution in [0.4, 0.5) is 0 Å². The molecule has 0 heterocycles. The number of carbonyl (C=O) groups is 9. The molecule has 4 atom stereocenters. The zero-order valence-electron chi connectivity index (χ0n) is 53.4. The maximum Gasteiger partial charge on any atom is 0.326 e. The Labute approximate surface area is 530 Å². The van der Waals surface area contributed by atoms with Crippen molar-refractivity contribution in [3.05, 3.63) is 24.7 Å². The summed E-state index contributed by atoms with van der Waals surface area (Å²) in [6.45, 7) is 11.9. The number of carboxylic acids is 4. The Morgan fingerprint density at radius 3 is 0.722 bits per heavy atom. The Morgan fingerprint density at radius 1 is 0.322 bits per heavy atom.